The van der Waals surface area contributed by atoms with Crippen LogP contribution in [0.4, 0.5) is 19.3 Å². The summed E-state index contributed by atoms with van der Waals surface area (Å²) in [5.41, 5.74) is 2.01. The van der Waals surface area contributed by atoms with E-state index < -0.39 is 11.9 Å². The van der Waals surface area contributed by atoms with Crippen LogP contribution in [-0.2, 0) is 17.8 Å². The van der Waals surface area contributed by atoms with Crippen molar-refractivity contribution in [1.82, 2.24) is 4.90 Å². The Morgan fingerprint density at radius 3 is 2.84 bits per heavy atom. The molecule has 0 aliphatic carbocycles. The van der Waals surface area contributed by atoms with Crippen molar-refractivity contribution in [2.24, 2.45) is 0 Å². The van der Waals surface area contributed by atoms with E-state index in [4.69, 9.17) is 4.74 Å². The number of anilines is 1. The molecule has 2 heterocycles. The molecule has 4 nitrogen and oxygen atoms in total. The second-order valence-electron chi connectivity index (χ2n) is 6.46. The lowest BCUT2D eigenvalue weighted by Crippen LogP contribution is -2.40. The summed E-state index contributed by atoms with van der Waals surface area (Å²) in [6.45, 7) is 1.97. The minimum atomic E-state index is -0.431. The fourth-order valence-corrected chi connectivity index (χ4v) is 3.52. The van der Waals surface area contributed by atoms with Crippen LogP contribution in [0.15, 0.2) is 42.5 Å². The molecule has 2 aliphatic heterocycles. The van der Waals surface area contributed by atoms with Crippen LogP contribution in [-0.4, -0.2) is 30.2 Å². The number of nitrogens with zero attached hydrogens (tertiary/aromatic N) is 2. The van der Waals surface area contributed by atoms with Crippen LogP contribution in [0, 0.1) is 11.6 Å². The second kappa shape index (κ2) is 6.44. The van der Waals surface area contributed by atoms with Gasteiger partial charge in [0.25, 0.3) is 0 Å². The molecule has 1 unspecified atom stereocenters. The van der Waals surface area contributed by atoms with Gasteiger partial charge in [0.2, 0.25) is 0 Å². The van der Waals surface area contributed by atoms with Gasteiger partial charge in [0.1, 0.15) is 18.2 Å². The molecule has 0 spiro atoms. The number of rotatable bonds is 2. The first-order valence-corrected chi connectivity index (χ1v) is 8.32. The molecule has 130 valence electrons. The Bertz CT molecular complexity index is 812. The Kier molecular flexibility index (Phi) is 4.13. The van der Waals surface area contributed by atoms with E-state index in [0.717, 1.165) is 5.56 Å². The van der Waals surface area contributed by atoms with E-state index >= 15 is 0 Å². The summed E-state index contributed by atoms with van der Waals surface area (Å²) in [4.78, 5) is 15.8. The summed E-state index contributed by atoms with van der Waals surface area (Å²) in [6, 6.07) is 11.0. The van der Waals surface area contributed by atoms with Crippen molar-refractivity contribution in [2.45, 2.75) is 25.6 Å². The summed E-state index contributed by atoms with van der Waals surface area (Å²) >= 11 is 0. The Hall–Kier alpha value is -2.47. The van der Waals surface area contributed by atoms with Crippen LogP contribution in [0.25, 0.3) is 0 Å². The van der Waals surface area contributed by atoms with Gasteiger partial charge in [0, 0.05) is 25.2 Å². The molecule has 2 aliphatic rings. The largest absolute Gasteiger partial charge is 0.447 e. The number of halogens is 2. The number of carbonyl (C=O) groups is 1. The smallest absolute Gasteiger partial charge is 0.414 e. The highest BCUT2D eigenvalue weighted by Crippen LogP contribution is 2.32. The summed E-state index contributed by atoms with van der Waals surface area (Å²) in [7, 11) is 0. The molecule has 1 fully saturated rings. The van der Waals surface area contributed by atoms with Crippen molar-refractivity contribution in [2.75, 3.05) is 18.1 Å². The molecule has 2 aromatic rings. The summed E-state index contributed by atoms with van der Waals surface area (Å²) in [5, 5.41) is 0. The molecule has 0 aromatic heterocycles. The second-order valence-corrected chi connectivity index (χ2v) is 6.46. The maximum absolute atomic E-state index is 14.0. The fourth-order valence-electron chi connectivity index (χ4n) is 3.52. The van der Waals surface area contributed by atoms with Crippen molar-refractivity contribution in [1.29, 1.82) is 0 Å². The van der Waals surface area contributed by atoms with Gasteiger partial charge in [-0.1, -0.05) is 24.3 Å². The van der Waals surface area contributed by atoms with E-state index in [2.05, 4.69) is 4.90 Å². The highest BCUT2D eigenvalue weighted by atomic mass is 19.1. The molecule has 0 saturated carbocycles. The quantitative estimate of drug-likeness (QED) is 0.833. The highest BCUT2D eigenvalue weighted by molar-refractivity contribution is 5.91. The molecule has 2 aromatic carbocycles. The van der Waals surface area contributed by atoms with E-state index in [9.17, 15) is 13.6 Å². The standard InChI is InChI=1S/C19H18F2N2O2/c20-15-6-5-14-11-22(10-13-3-1-2-4-17(13)21)8-7-16-12-25-19(24)23(16)18(14)9-15/h1-6,9,16H,7-8,10-12H2. The third-order valence-electron chi connectivity index (χ3n) is 4.79. The lowest BCUT2D eigenvalue weighted by Gasteiger charge is -2.32. The Balaban J connectivity index is 1.67. The van der Waals surface area contributed by atoms with Crippen LogP contribution in [0.2, 0.25) is 0 Å². The Labute approximate surface area is 144 Å². The number of cyclic esters (lactones) is 1. The lowest BCUT2D eigenvalue weighted by atomic mass is 10.0. The maximum atomic E-state index is 14.0. The molecule has 0 bridgehead atoms. The van der Waals surface area contributed by atoms with Crippen LogP contribution in [0.5, 0.6) is 0 Å². The topological polar surface area (TPSA) is 32.8 Å². The average Bonchev–Trinajstić information content (AvgIpc) is 2.94. The van der Waals surface area contributed by atoms with Crippen LogP contribution < -0.4 is 4.90 Å². The van der Waals surface area contributed by atoms with Crippen molar-refractivity contribution < 1.29 is 18.3 Å². The van der Waals surface area contributed by atoms with Crippen molar-refractivity contribution >= 4 is 11.8 Å². The van der Waals surface area contributed by atoms with Gasteiger partial charge in [-0.25, -0.2) is 13.6 Å². The number of hydrogen-bond donors (Lipinski definition) is 0. The van der Waals surface area contributed by atoms with Gasteiger partial charge < -0.3 is 4.74 Å². The van der Waals surface area contributed by atoms with Crippen LogP contribution in [0.1, 0.15) is 17.5 Å². The third-order valence-corrected chi connectivity index (χ3v) is 4.79. The summed E-state index contributed by atoms with van der Waals surface area (Å²) in [6.07, 6.45) is 0.260. The predicted molar refractivity (Wildman–Crippen MR) is 89.1 cm³/mol. The first-order valence-electron chi connectivity index (χ1n) is 8.32. The molecule has 25 heavy (non-hydrogen) atoms. The number of benzene rings is 2. The van der Waals surface area contributed by atoms with Gasteiger partial charge in [-0.05, 0) is 30.2 Å². The van der Waals surface area contributed by atoms with E-state index in [1.165, 1.54) is 18.2 Å². The Morgan fingerprint density at radius 2 is 2.00 bits per heavy atom. The molecule has 1 atom stereocenters. The number of ether oxygens (including phenoxy) is 1. The van der Waals surface area contributed by atoms with E-state index in [1.807, 2.05) is 6.07 Å². The number of amides is 1. The molecule has 6 heteroatoms. The number of carbonyl (C=O) groups excluding carboxylic acids is 1. The molecule has 1 amide bonds. The van der Waals surface area contributed by atoms with E-state index in [-0.39, 0.29) is 11.9 Å². The molecule has 0 N–H and O–H groups in total. The monoisotopic (exact) mass is 344 g/mol. The Morgan fingerprint density at radius 1 is 1.16 bits per heavy atom. The maximum Gasteiger partial charge on any atom is 0.414 e. The predicted octanol–water partition coefficient (Wildman–Crippen LogP) is 3.70. The molecule has 4 rings (SSSR count). The summed E-state index contributed by atoms with van der Waals surface area (Å²) < 4.78 is 32.9. The SMILES string of the molecule is O=C1OCC2CCN(Cc3ccccc3F)Cc3ccc(F)cc3N12. The number of fused-ring (bicyclic) bond motifs is 3. The van der Waals surface area contributed by atoms with Gasteiger partial charge in [0.05, 0.1) is 11.7 Å². The minimum absolute atomic E-state index is 0.128. The van der Waals surface area contributed by atoms with E-state index in [1.54, 1.807) is 23.1 Å². The van der Waals surface area contributed by atoms with E-state index in [0.29, 0.717) is 43.9 Å². The van der Waals surface area contributed by atoms with Crippen molar-refractivity contribution in [3.05, 3.63) is 65.2 Å². The van der Waals surface area contributed by atoms with Crippen LogP contribution in [0.3, 0.4) is 0 Å². The van der Waals surface area contributed by atoms with Gasteiger partial charge >= 0.3 is 6.09 Å². The average molecular weight is 344 g/mol. The van der Waals surface area contributed by atoms with Gasteiger partial charge in [-0.3, -0.25) is 9.80 Å². The normalized spacial score (nSPS) is 20.5. The zero-order chi connectivity index (χ0) is 17.4. The molecule has 0 radical (unpaired) electrons. The first-order chi connectivity index (χ1) is 12.1. The molecular weight excluding hydrogens is 326 g/mol. The first kappa shape index (κ1) is 16.0. The van der Waals surface area contributed by atoms with Gasteiger partial charge in [-0.2, -0.15) is 0 Å². The van der Waals surface area contributed by atoms with Crippen molar-refractivity contribution in [3.63, 3.8) is 0 Å². The molecule has 1 saturated heterocycles. The zero-order valence-corrected chi connectivity index (χ0v) is 13.6. The lowest BCUT2D eigenvalue weighted by molar-refractivity contribution is 0.177. The molecular formula is C19H18F2N2O2. The van der Waals surface area contributed by atoms with Gasteiger partial charge in [-0.15, -0.1) is 0 Å². The van der Waals surface area contributed by atoms with Crippen molar-refractivity contribution in [3.8, 4) is 0 Å². The fraction of sp³-hybridized carbons (Fsp3) is 0.316. The van der Waals surface area contributed by atoms with Crippen LogP contribution >= 0.6 is 0 Å². The summed E-state index contributed by atoms with van der Waals surface area (Å²) in [5.74, 6) is -0.622. The minimum Gasteiger partial charge on any atom is -0.447 e. The third kappa shape index (κ3) is 3.09. The highest BCUT2D eigenvalue weighted by Gasteiger charge is 2.37. The van der Waals surface area contributed by atoms with Gasteiger partial charge in [0.15, 0.2) is 0 Å². The number of hydrogen-bond acceptors (Lipinski definition) is 3. The zero-order valence-electron chi connectivity index (χ0n) is 13.6.